The zero-order valence-corrected chi connectivity index (χ0v) is 55.4. The van der Waals surface area contributed by atoms with Crippen LogP contribution in [0.4, 0.5) is 11.5 Å². The summed E-state index contributed by atoms with van der Waals surface area (Å²) in [6.07, 6.45) is -1.30. The van der Waals surface area contributed by atoms with Gasteiger partial charge in [-0.15, -0.1) is 0 Å². The first-order valence-electron chi connectivity index (χ1n) is 27.9. The number of aliphatic hydroxyl groups is 5. The lowest BCUT2D eigenvalue weighted by Gasteiger charge is -2.25. The highest BCUT2D eigenvalue weighted by atomic mass is 35.7. The van der Waals surface area contributed by atoms with Gasteiger partial charge in [-0.25, -0.2) is 37.8 Å². The van der Waals surface area contributed by atoms with Crippen molar-refractivity contribution < 1.29 is 94.9 Å². The number of carbonyl (C=O) groups excluding carboxylic acids is 2. The summed E-state index contributed by atoms with van der Waals surface area (Å²) in [7, 11) is -1.75. The van der Waals surface area contributed by atoms with E-state index in [-0.39, 0.29) is 29.1 Å². The Morgan fingerprint density at radius 1 is 0.699 bits per heavy atom. The molecule has 0 saturated carbocycles. The smallest absolute Gasteiger partial charge is 0.462 e. The second-order valence-electron chi connectivity index (χ2n) is 20.5. The Morgan fingerprint density at radius 2 is 1.18 bits per heavy atom. The standard InChI is InChI=1S/C24H29N6O8P.C13H14N4O4.C12H17ClNO4P.C4H6N2.C3H9O4P/c1-14(2)36-23(33)15(3)29-39(34,38-16-7-5-4-6-8-16)35-11-18-20(31)21(32)24(12-25,37-18)19-10-9-17-22(26)27-13-28-30(17)19;14-6-13(12(20)11(19)9(5-18)21-13)10-2-1-8-7(15)3-4-16-17(8)10;1-9(2)17-12(15)10(3)14-19(13,16)18-11-7-5-4-6-8-11;1-6-3-2-5-4-6;1-5-8(4,6-2)7-3/h4-10,13-15,18,20-21,31-32H,11H2,1-3H3,(H,29,34)(H2,26,27,28);1-4,9,11-12,18-20H,5,15H2;4-10H,1-3H3,(H,14,16);2-4H,1H3;1-3H3/t15-,18+,20+,21+,24-,39?;9-,11-,12-,13+;10-,19?;;/m010../s1. The molecule has 9 rings (SSSR count). The Labute approximate surface area is 539 Å². The van der Waals surface area contributed by atoms with Crippen LogP contribution in [-0.2, 0) is 78.6 Å². The van der Waals surface area contributed by atoms with Crippen molar-refractivity contribution in [1.29, 1.82) is 10.5 Å². The summed E-state index contributed by atoms with van der Waals surface area (Å²) < 4.78 is 91.7. The molecule has 7 heterocycles. The molecule has 506 valence electrons. The number of imidazole rings is 1. The molecule has 0 spiro atoms. The molecular formula is C56H75ClN13O20P3. The third-order valence-electron chi connectivity index (χ3n) is 13.0. The van der Waals surface area contributed by atoms with E-state index in [0.717, 1.165) is 0 Å². The molecular weight excluding hydrogens is 1300 g/mol. The van der Waals surface area contributed by atoms with Crippen LogP contribution in [0.25, 0.3) is 11.0 Å². The number of nitrogens with two attached hydrogens (primary N) is 2. The number of nitrogens with one attached hydrogen (secondary N) is 2. The maximum atomic E-state index is 13.7. The number of phosphoric ester groups is 1. The van der Waals surface area contributed by atoms with Crippen molar-refractivity contribution in [1.82, 2.24) is 43.9 Å². The Kier molecular flexibility index (Phi) is 28.0. The van der Waals surface area contributed by atoms with Crippen LogP contribution in [0.5, 0.6) is 11.5 Å². The van der Waals surface area contributed by atoms with Crippen molar-refractivity contribution in [2.24, 2.45) is 7.05 Å². The summed E-state index contributed by atoms with van der Waals surface area (Å²) in [4.78, 5) is 31.6. The lowest BCUT2D eigenvalue weighted by Crippen LogP contribution is -2.41. The van der Waals surface area contributed by atoms with Crippen molar-refractivity contribution in [2.45, 2.75) is 114 Å². The van der Waals surface area contributed by atoms with E-state index in [1.807, 2.05) is 30.0 Å². The van der Waals surface area contributed by atoms with Crippen LogP contribution >= 0.6 is 33.7 Å². The number of aliphatic hydroxyl groups excluding tert-OH is 5. The fourth-order valence-corrected chi connectivity index (χ4v) is 12.2. The quantitative estimate of drug-likeness (QED) is 0.0343. The number of carbonyl (C=O) groups is 2. The van der Waals surface area contributed by atoms with Crippen LogP contribution in [0.15, 0.2) is 122 Å². The molecule has 2 aliphatic rings. The zero-order chi connectivity index (χ0) is 69.1. The second-order valence-corrected chi connectivity index (χ2v) is 26.9. The number of nitriles is 2. The number of phosphoric acid groups is 1. The zero-order valence-electron chi connectivity index (χ0n) is 52.0. The molecule has 33 nitrogen and oxygen atoms in total. The summed E-state index contributed by atoms with van der Waals surface area (Å²) in [5.74, 6) is -0.561. The first-order valence-corrected chi connectivity index (χ1v) is 33.5. The number of fused-ring (bicyclic) bond motifs is 2. The van der Waals surface area contributed by atoms with Gasteiger partial charge in [0.05, 0.1) is 54.3 Å². The number of anilines is 2. The number of esters is 2. The molecule has 0 bridgehead atoms. The Balaban J connectivity index is 0.000000243. The van der Waals surface area contributed by atoms with Gasteiger partial charge in [-0.1, -0.05) is 36.4 Å². The summed E-state index contributed by atoms with van der Waals surface area (Å²) >= 11 is 5.76. The van der Waals surface area contributed by atoms with E-state index in [1.54, 1.807) is 113 Å². The van der Waals surface area contributed by atoms with Crippen LogP contribution in [-0.4, -0.2) is 167 Å². The number of aryl methyl sites for hydroxylation is 1. The van der Waals surface area contributed by atoms with Crippen molar-refractivity contribution in [2.75, 3.05) is 46.0 Å². The average Bonchev–Trinajstić information content (AvgIpc) is 1.60. The van der Waals surface area contributed by atoms with Gasteiger partial charge in [0.2, 0.25) is 11.2 Å². The Bertz CT molecular complexity index is 3750. The molecule has 5 aromatic heterocycles. The molecule has 2 aliphatic heterocycles. The lowest BCUT2D eigenvalue weighted by molar-refractivity contribution is -0.149. The maximum absolute atomic E-state index is 13.7. The van der Waals surface area contributed by atoms with Crippen LogP contribution in [0.1, 0.15) is 52.9 Å². The van der Waals surface area contributed by atoms with Crippen molar-refractivity contribution in [3.8, 4) is 23.6 Å². The Hall–Kier alpha value is -7.46. The average molecular weight is 1380 g/mol. The van der Waals surface area contributed by atoms with Crippen molar-refractivity contribution in [3.63, 3.8) is 0 Å². The minimum atomic E-state index is -4.30. The van der Waals surface area contributed by atoms with Gasteiger partial charge in [0.25, 0.3) is 0 Å². The highest BCUT2D eigenvalue weighted by Crippen LogP contribution is 2.50. The third-order valence-corrected chi connectivity index (χ3v) is 17.6. The van der Waals surface area contributed by atoms with Crippen LogP contribution < -0.4 is 30.7 Å². The number of benzene rings is 2. The van der Waals surface area contributed by atoms with Crippen LogP contribution in [0, 0.1) is 22.7 Å². The first kappa shape index (κ1) is 76.3. The Morgan fingerprint density at radius 3 is 1.62 bits per heavy atom. The van der Waals surface area contributed by atoms with E-state index >= 15 is 0 Å². The number of halogens is 1. The number of hydrogen-bond acceptors (Lipinski definition) is 28. The molecule has 2 aromatic carbocycles. The maximum Gasteiger partial charge on any atom is 0.473 e. The SMILES string of the molecule is CC(C)OC(=O)[C@H](C)NP(=O)(Cl)Oc1ccccc1.CC(C)OC(=O)[C@H](C)NP(=O)(OC[C@H]1O[C@@](C#N)(c2ccc3c(N)ncnn23)[C@H](O)[C@@H]1O)Oc1ccccc1.COP(=O)(OC)OC.Cn1ccnc1.N#C[C@@]1(c2ccc3c(N)ccnn23)O[C@H](CO)[C@@H](O)[C@H]1O. The van der Waals surface area contributed by atoms with Crippen molar-refractivity contribution in [3.05, 3.63) is 134 Å². The van der Waals surface area contributed by atoms with Gasteiger partial charge in [0, 0.05) is 58.2 Å². The van der Waals surface area contributed by atoms with Gasteiger partial charge < -0.3 is 69.6 Å². The van der Waals surface area contributed by atoms with E-state index in [9.17, 15) is 59.3 Å². The molecule has 37 heteroatoms. The number of hydrogen-bond donors (Lipinski definition) is 9. The van der Waals surface area contributed by atoms with Gasteiger partial charge in [-0.05, 0) is 96.1 Å². The largest absolute Gasteiger partial charge is 0.473 e. The second kappa shape index (κ2) is 34.1. The van der Waals surface area contributed by atoms with Crippen LogP contribution in [0.3, 0.4) is 0 Å². The normalized spacial score (nSPS) is 22.7. The summed E-state index contributed by atoms with van der Waals surface area (Å²) in [6.45, 7) is 4.97. The van der Waals surface area contributed by atoms with Gasteiger partial charge in [-0.3, -0.25) is 27.7 Å². The first-order chi connectivity index (χ1) is 43.9. The third kappa shape index (κ3) is 19.8. The van der Waals surface area contributed by atoms with Gasteiger partial charge in [0.15, 0.2) is 5.82 Å². The lowest BCUT2D eigenvalue weighted by atomic mass is 9.92. The van der Waals surface area contributed by atoms with Gasteiger partial charge in [-0.2, -0.15) is 25.8 Å². The van der Waals surface area contributed by atoms with E-state index in [4.69, 9.17) is 55.2 Å². The van der Waals surface area contributed by atoms with Gasteiger partial charge in [0.1, 0.15) is 84.2 Å². The van der Waals surface area contributed by atoms with E-state index < -0.39 is 114 Å². The molecule has 2 fully saturated rings. The van der Waals surface area contributed by atoms with E-state index in [2.05, 4.69) is 43.9 Å². The molecule has 11 N–H and O–H groups in total. The summed E-state index contributed by atoms with van der Waals surface area (Å²) in [5, 5.41) is 83.8. The summed E-state index contributed by atoms with van der Waals surface area (Å²) in [5.41, 5.74) is 9.52. The molecule has 93 heavy (non-hydrogen) atoms. The van der Waals surface area contributed by atoms with E-state index in [1.165, 1.54) is 74.9 Å². The number of rotatable bonds is 21. The minimum absolute atomic E-state index is 0.0926. The van der Waals surface area contributed by atoms with Crippen LogP contribution in [0.2, 0.25) is 0 Å². The molecule has 0 amide bonds. The number of para-hydroxylation sites is 2. The monoisotopic (exact) mass is 1380 g/mol. The van der Waals surface area contributed by atoms with E-state index in [0.29, 0.717) is 22.5 Å². The molecule has 0 aliphatic carbocycles. The highest BCUT2D eigenvalue weighted by molar-refractivity contribution is 7.84. The number of nitrogen functional groups attached to an aromatic ring is 2. The fraction of sp³-hybridized carbons (Fsp3) is 0.429. The number of nitrogens with zero attached hydrogens (tertiary/aromatic N) is 9. The predicted molar refractivity (Wildman–Crippen MR) is 333 cm³/mol. The number of ether oxygens (including phenoxy) is 4. The molecule has 7 aromatic rings. The molecule has 2 saturated heterocycles. The highest BCUT2D eigenvalue weighted by Gasteiger charge is 2.59. The topological polar surface area (TPSA) is 468 Å². The minimum Gasteiger partial charge on any atom is -0.462 e. The fourth-order valence-electron chi connectivity index (χ4n) is 8.51. The van der Waals surface area contributed by atoms with Crippen molar-refractivity contribution >= 4 is 68.2 Å². The molecule has 2 unspecified atom stereocenters. The molecule has 0 radical (unpaired) electrons. The summed E-state index contributed by atoms with van der Waals surface area (Å²) in [6, 6.07) is 26.3. The predicted octanol–water partition coefficient (Wildman–Crippen LogP) is 4.83. The molecule has 12 atom stereocenters. The van der Waals surface area contributed by atoms with Gasteiger partial charge >= 0.3 is 34.4 Å². The number of aromatic nitrogens is 7.